The maximum Gasteiger partial charge on any atom is 0.237 e. The Balaban J connectivity index is 1.51. The zero-order valence-corrected chi connectivity index (χ0v) is 17.3. The van der Waals surface area contributed by atoms with Crippen LogP contribution in [0, 0.1) is 13.8 Å². The van der Waals surface area contributed by atoms with Crippen molar-refractivity contribution in [1.29, 1.82) is 0 Å². The van der Waals surface area contributed by atoms with Gasteiger partial charge in [-0.1, -0.05) is 53.7 Å². The third-order valence-electron chi connectivity index (χ3n) is 5.13. The SMILES string of the molecule is CCn1c(SCC(=O)N2CCc3cccc(C)c32)nnc1-c1cccc(C)c1. The molecule has 5 nitrogen and oxygen atoms in total. The van der Waals surface area contributed by atoms with E-state index in [1.165, 1.54) is 22.9 Å². The molecule has 1 aromatic heterocycles. The van der Waals surface area contributed by atoms with Gasteiger partial charge in [0, 0.05) is 24.3 Å². The van der Waals surface area contributed by atoms with Crippen molar-refractivity contribution in [2.24, 2.45) is 0 Å². The van der Waals surface area contributed by atoms with Crippen LogP contribution in [0.4, 0.5) is 5.69 Å². The fourth-order valence-corrected chi connectivity index (χ4v) is 4.66. The minimum Gasteiger partial charge on any atom is -0.311 e. The molecule has 0 atom stereocenters. The second-order valence-corrected chi connectivity index (χ2v) is 8.03. The molecule has 1 amide bonds. The number of para-hydroxylation sites is 1. The van der Waals surface area contributed by atoms with E-state index < -0.39 is 0 Å². The van der Waals surface area contributed by atoms with Gasteiger partial charge < -0.3 is 9.47 Å². The third-order valence-corrected chi connectivity index (χ3v) is 6.08. The molecule has 0 bridgehead atoms. The zero-order chi connectivity index (χ0) is 19.7. The molecular weight excluding hydrogens is 368 g/mol. The van der Waals surface area contributed by atoms with Gasteiger partial charge in [-0.15, -0.1) is 10.2 Å². The molecule has 144 valence electrons. The number of hydrogen-bond acceptors (Lipinski definition) is 4. The highest BCUT2D eigenvalue weighted by molar-refractivity contribution is 7.99. The second-order valence-electron chi connectivity index (χ2n) is 7.09. The van der Waals surface area contributed by atoms with E-state index in [2.05, 4.69) is 65.9 Å². The summed E-state index contributed by atoms with van der Waals surface area (Å²) in [6.45, 7) is 7.74. The van der Waals surface area contributed by atoms with Crippen molar-refractivity contribution in [3.8, 4) is 11.4 Å². The minimum absolute atomic E-state index is 0.126. The van der Waals surface area contributed by atoms with Crippen LogP contribution in [0.25, 0.3) is 11.4 Å². The lowest BCUT2D eigenvalue weighted by Gasteiger charge is -2.19. The molecule has 2 aromatic carbocycles. The van der Waals surface area contributed by atoms with Crippen molar-refractivity contribution in [3.63, 3.8) is 0 Å². The van der Waals surface area contributed by atoms with Crippen molar-refractivity contribution in [3.05, 3.63) is 59.2 Å². The summed E-state index contributed by atoms with van der Waals surface area (Å²) in [5, 5.41) is 9.54. The number of rotatable bonds is 5. The van der Waals surface area contributed by atoms with Crippen molar-refractivity contribution in [1.82, 2.24) is 14.8 Å². The van der Waals surface area contributed by atoms with E-state index in [0.717, 1.165) is 47.3 Å². The number of aryl methyl sites for hydroxylation is 2. The largest absolute Gasteiger partial charge is 0.311 e. The standard InChI is InChI=1S/C22H24N4OS/c1-4-25-21(18-10-5-7-15(2)13-18)23-24-22(25)28-14-19(27)26-12-11-17-9-6-8-16(3)20(17)26/h5-10,13H,4,11-12,14H2,1-3H3. The topological polar surface area (TPSA) is 51.0 Å². The van der Waals surface area contributed by atoms with Gasteiger partial charge in [0.25, 0.3) is 0 Å². The van der Waals surface area contributed by atoms with E-state index in [0.29, 0.717) is 5.75 Å². The highest BCUT2D eigenvalue weighted by Crippen LogP contribution is 2.32. The first kappa shape index (κ1) is 18.7. The van der Waals surface area contributed by atoms with E-state index in [1.54, 1.807) is 0 Å². The van der Waals surface area contributed by atoms with Gasteiger partial charge in [0.15, 0.2) is 11.0 Å². The quantitative estimate of drug-likeness (QED) is 0.609. The summed E-state index contributed by atoms with van der Waals surface area (Å²) in [5.41, 5.74) is 5.75. The predicted octanol–water partition coefficient (Wildman–Crippen LogP) is 4.26. The molecule has 2 heterocycles. The summed E-state index contributed by atoms with van der Waals surface area (Å²) in [6, 6.07) is 14.5. The highest BCUT2D eigenvalue weighted by Gasteiger charge is 2.26. The van der Waals surface area contributed by atoms with Crippen LogP contribution in [0.1, 0.15) is 23.6 Å². The number of hydrogen-bond donors (Lipinski definition) is 0. The van der Waals surface area contributed by atoms with Crippen LogP contribution in [0.2, 0.25) is 0 Å². The van der Waals surface area contributed by atoms with Crippen LogP contribution in [0.5, 0.6) is 0 Å². The molecule has 0 spiro atoms. The fourth-order valence-electron chi connectivity index (χ4n) is 3.78. The lowest BCUT2D eigenvalue weighted by atomic mass is 10.1. The molecule has 4 rings (SSSR count). The molecule has 0 unspecified atom stereocenters. The number of aromatic nitrogens is 3. The summed E-state index contributed by atoms with van der Waals surface area (Å²) in [5.74, 6) is 1.34. The number of carbonyl (C=O) groups excluding carboxylic acids is 1. The first-order chi connectivity index (χ1) is 13.6. The molecule has 0 saturated heterocycles. The van der Waals surface area contributed by atoms with E-state index in [4.69, 9.17) is 0 Å². The summed E-state index contributed by atoms with van der Waals surface area (Å²) >= 11 is 1.46. The number of fused-ring (bicyclic) bond motifs is 1. The number of anilines is 1. The molecule has 1 aliphatic heterocycles. The second kappa shape index (κ2) is 7.80. The Morgan fingerprint density at radius 3 is 2.75 bits per heavy atom. The molecule has 1 aliphatic rings. The van der Waals surface area contributed by atoms with Gasteiger partial charge in [-0.25, -0.2) is 0 Å². The summed E-state index contributed by atoms with van der Waals surface area (Å²) < 4.78 is 2.08. The van der Waals surface area contributed by atoms with Gasteiger partial charge >= 0.3 is 0 Å². The summed E-state index contributed by atoms with van der Waals surface area (Å²) in [4.78, 5) is 14.8. The van der Waals surface area contributed by atoms with Crippen molar-refractivity contribution >= 4 is 23.4 Å². The Labute approximate surface area is 169 Å². The van der Waals surface area contributed by atoms with Gasteiger partial charge in [0.2, 0.25) is 5.91 Å². The van der Waals surface area contributed by atoms with Gasteiger partial charge in [0.05, 0.1) is 5.75 Å². The van der Waals surface area contributed by atoms with Crippen molar-refractivity contribution in [2.75, 3.05) is 17.2 Å². The Morgan fingerprint density at radius 2 is 1.96 bits per heavy atom. The summed E-state index contributed by atoms with van der Waals surface area (Å²) in [7, 11) is 0. The molecule has 0 aliphatic carbocycles. The minimum atomic E-state index is 0.126. The maximum atomic E-state index is 12.9. The predicted molar refractivity (Wildman–Crippen MR) is 114 cm³/mol. The Kier molecular flexibility index (Phi) is 5.22. The average Bonchev–Trinajstić information content (AvgIpc) is 3.31. The number of thioether (sulfide) groups is 1. The van der Waals surface area contributed by atoms with Crippen LogP contribution in [0.15, 0.2) is 47.6 Å². The number of benzene rings is 2. The van der Waals surface area contributed by atoms with E-state index in [9.17, 15) is 4.79 Å². The maximum absolute atomic E-state index is 12.9. The molecule has 0 N–H and O–H groups in total. The average molecular weight is 393 g/mol. The number of amides is 1. The lowest BCUT2D eigenvalue weighted by Crippen LogP contribution is -2.31. The van der Waals surface area contributed by atoms with E-state index in [-0.39, 0.29) is 5.91 Å². The molecule has 0 fully saturated rings. The monoisotopic (exact) mass is 392 g/mol. The molecule has 28 heavy (non-hydrogen) atoms. The fraction of sp³-hybridized carbons (Fsp3) is 0.318. The van der Waals surface area contributed by atoms with Crippen LogP contribution in [-0.4, -0.2) is 33.0 Å². The van der Waals surface area contributed by atoms with Gasteiger partial charge in [-0.3, -0.25) is 4.79 Å². The normalized spacial score (nSPS) is 13.0. The molecule has 0 radical (unpaired) electrons. The highest BCUT2D eigenvalue weighted by atomic mass is 32.2. The number of nitrogens with zero attached hydrogens (tertiary/aromatic N) is 4. The first-order valence-electron chi connectivity index (χ1n) is 9.60. The Morgan fingerprint density at radius 1 is 1.14 bits per heavy atom. The van der Waals surface area contributed by atoms with Gasteiger partial charge in [-0.05, 0) is 44.4 Å². The lowest BCUT2D eigenvalue weighted by molar-refractivity contribution is -0.116. The van der Waals surface area contributed by atoms with Crippen molar-refractivity contribution < 1.29 is 4.79 Å². The van der Waals surface area contributed by atoms with Crippen LogP contribution >= 0.6 is 11.8 Å². The molecule has 3 aromatic rings. The smallest absolute Gasteiger partial charge is 0.237 e. The van der Waals surface area contributed by atoms with Gasteiger partial charge in [-0.2, -0.15) is 0 Å². The van der Waals surface area contributed by atoms with E-state index >= 15 is 0 Å². The Bertz CT molecular complexity index is 1030. The molecular formula is C22H24N4OS. The Hall–Kier alpha value is -2.60. The first-order valence-corrected chi connectivity index (χ1v) is 10.6. The van der Waals surface area contributed by atoms with Crippen LogP contribution in [-0.2, 0) is 17.8 Å². The van der Waals surface area contributed by atoms with Crippen molar-refractivity contribution in [2.45, 2.75) is 38.9 Å². The molecule has 6 heteroatoms. The zero-order valence-electron chi connectivity index (χ0n) is 16.5. The van der Waals surface area contributed by atoms with Crippen LogP contribution in [0.3, 0.4) is 0 Å². The summed E-state index contributed by atoms with van der Waals surface area (Å²) in [6.07, 6.45) is 0.927. The van der Waals surface area contributed by atoms with Crippen LogP contribution < -0.4 is 4.90 Å². The number of carbonyl (C=O) groups is 1. The van der Waals surface area contributed by atoms with E-state index in [1.807, 2.05) is 17.0 Å². The third kappa shape index (κ3) is 3.44. The van der Waals surface area contributed by atoms with Gasteiger partial charge in [0.1, 0.15) is 0 Å². The molecule has 0 saturated carbocycles.